The van der Waals surface area contributed by atoms with Gasteiger partial charge in [-0.15, -0.1) is 0 Å². The van der Waals surface area contributed by atoms with Gasteiger partial charge in [-0.25, -0.2) is 0 Å². The summed E-state index contributed by atoms with van der Waals surface area (Å²) in [6, 6.07) is 2.47. The standard InChI is InChI=1S/C10H17N3O/c1-7(2)13-9(3-5-12-13)10-8(11)4-6-14-10/h3,5,7-8,10H,4,6,11H2,1-2H3/t8-,10+/m1/s1. The molecule has 1 fully saturated rings. The van der Waals surface area contributed by atoms with Gasteiger partial charge in [0.25, 0.3) is 0 Å². The summed E-state index contributed by atoms with van der Waals surface area (Å²) in [4.78, 5) is 0. The van der Waals surface area contributed by atoms with E-state index < -0.39 is 0 Å². The minimum atomic E-state index is 0.0277. The molecule has 0 saturated carbocycles. The van der Waals surface area contributed by atoms with Gasteiger partial charge in [0, 0.05) is 24.9 Å². The Morgan fingerprint density at radius 1 is 1.64 bits per heavy atom. The first-order chi connectivity index (χ1) is 6.70. The summed E-state index contributed by atoms with van der Waals surface area (Å²) in [6.45, 7) is 4.98. The highest BCUT2D eigenvalue weighted by Crippen LogP contribution is 2.28. The van der Waals surface area contributed by atoms with Crippen molar-refractivity contribution in [3.63, 3.8) is 0 Å². The van der Waals surface area contributed by atoms with Crippen LogP contribution in [-0.2, 0) is 4.74 Å². The van der Waals surface area contributed by atoms with Crippen LogP contribution in [0, 0.1) is 0 Å². The van der Waals surface area contributed by atoms with E-state index in [0.29, 0.717) is 6.04 Å². The maximum absolute atomic E-state index is 5.97. The number of hydrogen-bond donors (Lipinski definition) is 1. The van der Waals surface area contributed by atoms with E-state index in [1.165, 1.54) is 0 Å². The Hall–Kier alpha value is -0.870. The molecule has 1 aliphatic heterocycles. The molecule has 0 amide bonds. The van der Waals surface area contributed by atoms with Gasteiger partial charge in [0.1, 0.15) is 6.10 Å². The largest absolute Gasteiger partial charge is 0.370 e. The van der Waals surface area contributed by atoms with Crippen molar-refractivity contribution in [1.82, 2.24) is 9.78 Å². The van der Waals surface area contributed by atoms with Crippen LogP contribution in [0.4, 0.5) is 0 Å². The molecule has 0 radical (unpaired) electrons. The Kier molecular flexibility index (Phi) is 2.56. The molecule has 2 N–H and O–H groups in total. The Morgan fingerprint density at radius 3 is 3.00 bits per heavy atom. The lowest BCUT2D eigenvalue weighted by molar-refractivity contribution is 0.0963. The maximum Gasteiger partial charge on any atom is 0.114 e. The molecule has 4 nitrogen and oxygen atoms in total. The molecular formula is C10H17N3O. The fourth-order valence-corrected chi connectivity index (χ4v) is 1.89. The van der Waals surface area contributed by atoms with E-state index in [0.717, 1.165) is 18.7 Å². The lowest BCUT2D eigenvalue weighted by atomic mass is 10.1. The molecule has 0 bridgehead atoms. The van der Waals surface area contributed by atoms with Crippen LogP contribution in [0.2, 0.25) is 0 Å². The summed E-state index contributed by atoms with van der Waals surface area (Å²) >= 11 is 0. The van der Waals surface area contributed by atoms with Crippen LogP contribution in [0.25, 0.3) is 0 Å². The third kappa shape index (κ3) is 1.55. The van der Waals surface area contributed by atoms with Crippen molar-refractivity contribution in [2.24, 2.45) is 5.73 Å². The summed E-state index contributed by atoms with van der Waals surface area (Å²) in [5.74, 6) is 0. The van der Waals surface area contributed by atoms with Gasteiger partial charge in [-0.05, 0) is 26.3 Å². The zero-order valence-electron chi connectivity index (χ0n) is 8.68. The molecule has 0 aromatic carbocycles. The summed E-state index contributed by atoms with van der Waals surface area (Å²) < 4.78 is 7.60. The van der Waals surface area contributed by atoms with Crippen LogP contribution in [0.1, 0.15) is 38.1 Å². The summed E-state index contributed by atoms with van der Waals surface area (Å²) in [5.41, 5.74) is 7.07. The molecule has 14 heavy (non-hydrogen) atoms. The van der Waals surface area contributed by atoms with Gasteiger partial charge < -0.3 is 10.5 Å². The first kappa shape index (κ1) is 9.68. The Bertz CT molecular complexity index is 308. The number of rotatable bonds is 2. The third-order valence-corrected chi connectivity index (χ3v) is 2.62. The molecule has 1 aromatic heterocycles. The van der Waals surface area contributed by atoms with E-state index in [4.69, 9.17) is 10.5 Å². The van der Waals surface area contributed by atoms with E-state index in [2.05, 4.69) is 18.9 Å². The van der Waals surface area contributed by atoms with Crippen LogP contribution in [0.15, 0.2) is 12.3 Å². The zero-order valence-corrected chi connectivity index (χ0v) is 8.68. The van der Waals surface area contributed by atoms with E-state index in [1.807, 2.05) is 16.9 Å². The van der Waals surface area contributed by atoms with E-state index in [9.17, 15) is 0 Å². The number of nitrogens with zero attached hydrogens (tertiary/aromatic N) is 2. The van der Waals surface area contributed by atoms with Gasteiger partial charge >= 0.3 is 0 Å². The van der Waals surface area contributed by atoms with Crippen molar-refractivity contribution in [3.05, 3.63) is 18.0 Å². The summed E-state index contributed by atoms with van der Waals surface area (Å²) in [5, 5.41) is 4.28. The Morgan fingerprint density at radius 2 is 2.43 bits per heavy atom. The SMILES string of the molecule is CC(C)n1nccc1[C@H]1OCC[C@H]1N. The highest BCUT2D eigenvalue weighted by molar-refractivity contribution is 5.10. The van der Waals surface area contributed by atoms with Crippen LogP contribution >= 0.6 is 0 Å². The van der Waals surface area contributed by atoms with Gasteiger partial charge in [-0.3, -0.25) is 4.68 Å². The first-order valence-corrected chi connectivity index (χ1v) is 5.10. The third-order valence-electron chi connectivity index (χ3n) is 2.62. The van der Waals surface area contributed by atoms with E-state index in [-0.39, 0.29) is 12.1 Å². The van der Waals surface area contributed by atoms with Gasteiger partial charge in [0.2, 0.25) is 0 Å². The van der Waals surface area contributed by atoms with Crippen LogP contribution in [0.3, 0.4) is 0 Å². The molecule has 0 spiro atoms. The zero-order chi connectivity index (χ0) is 10.1. The fourth-order valence-electron chi connectivity index (χ4n) is 1.89. The summed E-state index contributed by atoms with van der Waals surface area (Å²) in [6.07, 6.45) is 2.78. The average Bonchev–Trinajstić information content (AvgIpc) is 2.70. The number of nitrogens with two attached hydrogens (primary N) is 1. The lowest BCUT2D eigenvalue weighted by Gasteiger charge is -2.18. The molecule has 0 unspecified atom stereocenters. The quantitative estimate of drug-likeness (QED) is 0.772. The van der Waals surface area contributed by atoms with Gasteiger partial charge in [-0.1, -0.05) is 0 Å². The number of ether oxygens (including phenoxy) is 1. The Labute approximate surface area is 84.0 Å². The molecule has 2 rings (SSSR count). The second-order valence-corrected chi connectivity index (χ2v) is 4.04. The molecule has 2 heterocycles. The van der Waals surface area contributed by atoms with Crippen LogP contribution in [-0.4, -0.2) is 22.4 Å². The van der Waals surface area contributed by atoms with Gasteiger partial charge in [0.05, 0.1) is 5.69 Å². The molecule has 4 heteroatoms. The van der Waals surface area contributed by atoms with E-state index >= 15 is 0 Å². The fraction of sp³-hybridized carbons (Fsp3) is 0.700. The summed E-state index contributed by atoms with van der Waals surface area (Å²) in [7, 11) is 0. The molecule has 2 atom stereocenters. The molecule has 1 saturated heterocycles. The number of hydrogen-bond acceptors (Lipinski definition) is 3. The normalized spacial score (nSPS) is 27.4. The van der Waals surface area contributed by atoms with Gasteiger partial charge in [-0.2, -0.15) is 5.10 Å². The molecule has 0 aliphatic carbocycles. The molecule has 78 valence electrons. The second-order valence-electron chi connectivity index (χ2n) is 4.04. The van der Waals surface area contributed by atoms with Crippen molar-refractivity contribution in [2.75, 3.05) is 6.61 Å². The van der Waals surface area contributed by atoms with Crippen molar-refractivity contribution in [2.45, 2.75) is 38.5 Å². The number of aromatic nitrogens is 2. The molecule has 1 aromatic rings. The monoisotopic (exact) mass is 195 g/mol. The van der Waals surface area contributed by atoms with Crippen molar-refractivity contribution >= 4 is 0 Å². The topological polar surface area (TPSA) is 53.1 Å². The highest BCUT2D eigenvalue weighted by Gasteiger charge is 2.29. The minimum Gasteiger partial charge on any atom is -0.370 e. The first-order valence-electron chi connectivity index (χ1n) is 5.10. The average molecular weight is 195 g/mol. The lowest BCUT2D eigenvalue weighted by Crippen LogP contribution is -2.26. The maximum atomic E-state index is 5.97. The van der Waals surface area contributed by atoms with Crippen molar-refractivity contribution < 1.29 is 4.74 Å². The molecule has 1 aliphatic rings. The predicted octanol–water partition coefficient (Wildman–Crippen LogP) is 1.25. The van der Waals surface area contributed by atoms with Crippen molar-refractivity contribution in [1.29, 1.82) is 0 Å². The highest BCUT2D eigenvalue weighted by atomic mass is 16.5. The predicted molar refractivity (Wildman–Crippen MR) is 53.9 cm³/mol. The smallest absolute Gasteiger partial charge is 0.114 e. The van der Waals surface area contributed by atoms with Crippen molar-refractivity contribution in [3.8, 4) is 0 Å². The Balaban J connectivity index is 2.26. The van der Waals surface area contributed by atoms with Gasteiger partial charge in [0.15, 0.2) is 0 Å². The minimum absolute atomic E-state index is 0.0277. The second kappa shape index (κ2) is 3.71. The van der Waals surface area contributed by atoms with E-state index in [1.54, 1.807) is 0 Å². The van der Waals surface area contributed by atoms with Crippen LogP contribution < -0.4 is 5.73 Å². The molecular weight excluding hydrogens is 178 g/mol. The van der Waals surface area contributed by atoms with Crippen LogP contribution in [0.5, 0.6) is 0 Å².